The van der Waals surface area contributed by atoms with Gasteiger partial charge in [0.2, 0.25) is 10.0 Å². The van der Waals surface area contributed by atoms with Crippen molar-refractivity contribution in [2.75, 3.05) is 14.1 Å². The molecule has 128 valence electrons. The fraction of sp³-hybridized carbons (Fsp3) is 0.188. The fourth-order valence-electron chi connectivity index (χ4n) is 2.11. The molecule has 24 heavy (non-hydrogen) atoms. The second-order valence-corrected chi connectivity index (χ2v) is 7.80. The predicted octanol–water partition coefficient (Wildman–Crippen LogP) is 3.17. The van der Waals surface area contributed by atoms with Gasteiger partial charge in [-0.1, -0.05) is 41.4 Å². The summed E-state index contributed by atoms with van der Waals surface area (Å²) >= 11 is 12.2. The molecule has 0 radical (unpaired) electrons. The summed E-state index contributed by atoms with van der Waals surface area (Å²) in [6.07, 6.45) is 0. The number of hydrogen-bond donors (Lipinski definition) is 1. The molecule has 0 fully saturated rings. The van der Waals surface area contributed by atoms with Crippen LogP contribution in [0.5, 0.6) is 0 Å². The Labute approximate surface area is 151 Å². The van der Waals surface area contributed by atoms with Gasteiger partial charge in [-0.25, -0.2) is 13.1 Å². The number of carbonyl (C=O) groups excluding carboxylic acids is 1. The highest BCUT2D eigenvalue weighted by molar-refractivity contribution is 7.89. The molecule has 0 aromatic heterocycles. The molecule has 2 rings (SSSR count). The zero-order chi connectivity index (χ0) is 17.9. The average Bonchev–Trinajstić information content (AvgIpc) is 2.56. The highest BCUT2D eigenvalue weighted by Gasteiger charge is 2.20. The monoisotopic (exact) mass is 386 g/mol. The van der Waals surface area contributed by atoms with E-state index >= 15 is 0 Å². The Morgan fingerprint density at radius 1 is 1.12 bits per heavy atom. The van der Waals surface area contributed by atoms with Gasteiger partial charge in [-0.15, -0.1) is 0 Å². The molecule has 0 unspecified atom stereocenters. The topological polar surface area (TPSA) is 66.5 Å². The summed E-state index contributed by atoms with van der Waals surface area (Å²) in [6, 6.07) is 11.2. The van der Waals surface area contributed by atoms with E-state index in [1.165, 1.54) is 30.1 Å². The molecule has 0 saturated carbocycles. The van der Waals surface area contributed by atoms with Crippen LogP contribution < -0.4 is 4.72 Å². The number of carbonyl (C=O) groups is 1. The number of halogens is 2. The molecule has 2 aromatic rings. The normalized spacial score (nSPS) is 11.3. The van der Waals surface area contributed by atoms with Crippen molar-refractivity contribution in [2.45, 2.75) is 11.4 Å². The lowest BCUT2D eigenvalue weighted by atomic mass is 10.1. The Bertz CT molecular complexity index is 869. The van der Waals surface area contributed by atoms with Crippen LogP contribution in [0.4, 0.5) is 0 Å². The standard InChI is InChI=1S/C16H16Cl2N2O3S/c1-19-24(22,23)12-7-8-15(18)13(9-12)16(21)20(2)10-11-5-3-4-6-14(11)17/h3-9,19H,10H2,1-2H3. The third kappa shape index (κ3) is 4.08. The van der Waals surface area contributed by atoms with Crippen molar-refractivity contribution >= 4 is 39.1 Å². The van der Waals surface area contributed by atoms with E-state index in [1.54, 1.807) is 19.2 Å². The van der Waals surface area contributed by atoms with E-state index in [0.717, 1.165) is 5.56 Å². The van der Waals surface area contributed by atoms with Gasteiger partial charge in [0.05, 0.1) is 15.5 Å². The lowest BCUT2D eigenvalue weighted by Gasteiger charge is -2.19. The maximum atomic E-state index is 12.6. The minimum atomic E-state index is -3.66. The predicted molar refractivity (Wildman–Crippen MR) is 94.9 cm³/mol. The van der Waals surface area contributed by atoms with Gasteiger partial charge in [0, 0.05) is 18.6 Å². The summed E-state index contributed by atoms with van der Waals surface area (Å²) in [5.74, 6) is -0.395. The smallest absolute Gasteiger partial charge is 0.255 e. The van der Waals surface area contributed by atoms with Crippen LogP contribution in [-0.2, 0) is 16.6 Å². The SMILES string of the molecule is CNS(=O)(=O)c1ccc(Cl)c(C(=O)N(C)Cc2ccccc2Cl)c1. The van der Waals surface area contributed by atoms with Gasteiger partial charge in [0.15, 0.2) is 0 Å². The molecule has 0 atom stereocenters. The fourth-order valence-corrected chi connectivity index (χ4v) is 3.26. The van der Waals surface area contributed by atoms with Crippen LogP contribution in [0.1, 0.15) is 15.9 Å². The zero-order valence-corrected chi connectivity index (χ0v) is 15.4. The van der Waals surface area contributed by atoms with E-state index < -0.39 is 15.9 Å². The molecule has 8 heteroatoms. The Balaban J connectivity index is 2.32. The first-order chi connectivity index (χ1) is 11.3. The Morgan fingerprint density at radius 3 is 2.42 bits per heavy atom. The second kappa shape index (κ2) is 7.53. The number of nitrogens with one attached hydrogen (secondary N) is 1. The number of benzene rings is 2. The van der Waals surface area contributed by atoms with E-state index in [9.17, 15) is 13.2 Å². The van der Waals surface area contributed by atoms with Crippen molar-refractivity contribution in [1.82, 2.24) is 9.62 Å². The Hall–Kier alpha value is -1.60. The third-order valence-corrected chi connectivity index (χ3v) is 5.57. The molecule has 0 saturated heterocycles. The molecule has 5 nitrogen and oxygen atoms in total. The van der Waals surface area contributed by atoms with Crippen LogP contribution in [0.15, 0.2) is 47.4 Å². The first-order valence-electron chi connectivity index (χ1n) is 6.98. The first-order valence-corrected chi connectivity index (χ1v) is 9.22. The van der Waals surface area contributed by atoms with Crippen LogP contribution in [0.3, 0.4) is 0 Å². The molecule has 2 aromatic carbocycles. The largest absolute Gasteiger partial charge is 0.337 e. The molecule has 0 aliphatic carbocycles. The van der Waals surface area contributed by atoms with Crippen LogP contribution in [0.25, 0.3) is 0 Å². The van der Waals surface area contributed by atoms with Crippen molar-refractivity contribution in [3.63, 3.8) is 0 Å². The highest BCUT2D eigenvalue weighted by Crippen LogP contribution is 2.23. The van der Waals surface area contributed by atoms with E-state index in [1.807, 2.05) is 12.1 Å². The number of rotatable bonds is 5. The lowest BCUT2D eigenvalue weighted by Crippen LogP contribution is -2.27. The summed E-state index contributed by atoms with van der Waals surface area (Å²) in [4.78, 5) is 14.0. The molecule has 0 heterocycles. The second-order valence-electron chi connectivity index (χ2n) is 5.10. The van der Waals surface area contributed by atoms with Gasteiger partial charge in [-0.05, 0) is 36.9 Å². The van der Waals surface area contributed by atoms with Gasteiger partial charge in [-0.2, -0.15) is 0 Å². The van der Waals surface area contributed by atoms with Gasteiger partial charge in [-0.3, -0.25) is 4.79 Å². The number of amides is 1. The van der Waals surface area contributed by atoms with Crippen LogP contribution in [0, 0.1) is 0 Å². The molecule has 1 amide bonds. The van der Waals surface area contributed by atoms with Crippen molar-refractivity contribution in [3.8, 4) is 0 Å². The average molecular weight is 387 g/mol. The highest BCUT2D eigenvalue weighted by atomic mass is 35.5. The number of nitrogens with zero attached hydrogens (tertiary/aromatic N) is 1. The van der Waals surface area contributed by atoms with Crippen molar-refractivity contribution < 1.29 is 13.2 Å². The Kier molecular flexibility index (Phi) is 5.87. The van der Waals surface area contributed by atoms with E-state index in [0.29, 0.717) is 5.02 Å². The van der Waals surface area contributed by atoms with Crippen molar-refractivity contribution in [3.05, 3.63) is 63.6 Å². The van der Waals surface area contributed by atoms with Crippen molar-refractivity contribution in [2.24, 2.45) is 0 Å². The van der Waals surface area contributed by atoms with Gasteiger partial charge in [0.1, 0.15) is 0 Å². The molecule has 0 aliphatic rings. The molecule has 0 aliphatic heterocycles. The van der Waals surface area contributed by atoms with E-state index in [-0.39, 0.29) is 22.0 Å². The van der Waals surface area contributed by atoms with Crippen LogP contribution in [-0.4, -0.2) is 33.3 Å². The van der Waals surface area contributed by atoms with E-state index in [2.05, 4.69) is 4.72 Å². The van der Waals surface area contributed by atoms with Crippen LogP contribution >= 0.6 is 23.2 Å². The summed E-state index contributed by atoms with van der Waals surface area (Å²) in [7, 11) is -0.764. The minimum Gasteiger partial charge on any atom is -0.337 e. The maximum Gasteiger partial charge on any atom is 0.255 e. The molecular formula is C16H16Cl2N2O3S. The first kappa shape index (κ1) is 18.7. The summed E-state index contributed by atoms with van der Waals surface area (Å²) < 4.78 is 26.0. The molecule has 0 spiro atoms. The summed E-state index contributed by atoms with van der Waals surface area (Å²) in [6.45, 7) is 0.276. The van der Waals surface area contributed by atoms with Crippen molar-refractivity contribution in [1.29, 1.82) is 0 Å². The third-order valence-electron chi connectivity index (χ3n) is 3.46. The number of sulfonamides is 1. The van der Waals surface area contributed by atoms with Gasteiger partial charge >= 0.3 is 0 Å². The quantitative estimate of drug-likeness (QED) is 0.857. The zero-order valence-electron chi connectivity index (χ0n) is 13.1. The summed E-state index contributed by atoms with van der Waals surface area (Å²) in [5, 5.41) is 0.732. The Morgan fingerprint density at radius 2 is 1.79 bits per heavy atom. The van der Waals surface area contributed by atoms with E-state index in [4.69, 9.17) is 23.2 Å². The molecular weight excluding hydrogens is 371 g/mol. The molecule has 0 bridgehead atoms. The molecule has 1 N–H and O–H groups in total. The minimum absolute atomic E-state index is 0.0242. The van der Waals surface area contributed by atoms with Crippen LogP contribution in [0.2, 0.25) is 10.0 Å². The lowest BCUT2D eigenvalue weighted by molar-refractivity contribution is 0.0785. The maximum absolute atomic E-state index is 12.6. The van der Waals surface area contributed by atoms with Gasteiger partial charge < -0.3 is 4.90 Å². The number of hydrogen-bond acceptors (Lipinski definition) is 3. The van der Waals surface area contributed by atoms with Gasteiger partial charge in [0.25, 0.3) is 5.91 Å². The summed E-state index contributed by atoms with van der Waals surface area (Å²) in [5.41, 5.74) is 0.896.